The topological polar surface area (TPSA) is 35.6 Å². The number of nitrogens with zero attached hydrogens (tertiary/aromatic N) is 2. The number of urea groups is 1. The van der Waals surface area contributed by atoms with Gasteiger partial charge in [-0.15, -0.1) is 0 Å². The van der Waals surface area contributed by atoms with Crippen molar-refractivity contribution in [2.24, 2.45) is 5.92 Å². The summed E-state index contributed by atoms with van der Waals surface area (Å²) >= 11 is 0. The van der Waals surface area contributed by atoms with Crippen molar-refractivity contribution in [1.82, 2.24) is 15.1 Å². The van der Waals surface area contributed by atoms with Gasteiger partial charge in [-0.05, 0) is 37.2 Å². The molecule has 1 N–H and O–H groups in total. The third-order valence-corrected chi connectivity index (χ3v) is 4.97. The van der Waals surface area contributed by atoms with Gasteiger partial charge in [-0.1, -0.05) is 44.2 Å². The lowest BCUT2D eigenvalue weighted by Gasteiger charge is -2.34. The lowest BCUT2D eigenvalue weighted by molar-refractivity contribution is 0.163. The highest BCUT2D eigenvalue weighted by molar-refractivity contribution is 5.75. The van der Waals surface area contributed by atoms with Crippen molar-refractivity contribution in [1.29, 1.82) is 0 Å². The van der Waals surface area contributed by atoms with Crippen LogP contribution in [0.4, 0.5) is 4.79 Å². The first-order chi connectivity index (χ1) is 11.6. The Morgan fingerprint density at radius 2 is 1.83 bits per heavy atom. The standard InChI is InChI=1S/C20H31N3O/c1-16(2)14-23(19-8-9-19)20(24)21-18-10-12-22(13-11-18)15-17-6-4-3-5-7-17/h3-7,16,18-19H,8-15H2,1-2H3,(H,21,24). The maximum atomic E-state index is 12.6. The number of carbonyl (C=O) groups is 1. The molecule has 4 nitrogen and oxygen atoms in total. The summed E-state index contributed by atoms with van der Waals surface area (Å²) in [4.78, 5) is 17.2. The van der Waals surface area contributed by atoms with Crippen molar-refractivity contribution >= 4 is 6.03 Å². The van der Waals surface area contributed by atoms with Crippen LogP contribution >= 0.6 is 0 Å². The molecule has 0 spiro atoms. The summed E-state index contributed by atoms with van der Waals surface area (Å²) in [6, 6.07) is 11.6. The molecule has 1 aliphatic carbocycles. The molecule has 0 unspecified atom stereocenters. The molecule has 1 saturated carbocycles. The molecule has 2 fully saturated rings. The molecule has 0 aromatic heterocycles. The second-order valence-electron chi connectivity index (χ2n) is 7.76. The second-order valence-corrected chi connectivity index (χ2v) is 7.76. The molecule has 2 amide bonds. The van der Waals surface area contributed by atoms with E-state index in [-0.39, 0.29) is 6.03 Å². The summed E-state index contributed by atoms with van der Waals surface area (Å²) in [5.41, 5.74) is 1.37. The monoisotopic (exact) mass is 329 g/mol. The van der Waals surface area contributed by atoms with Gasteiger partial charge in [-0.3, -0.25) is 4.90 Å². The van der Waals surface area contributed by atoms with E-state index >= 15 is 0 Å². The van der Waals surface area contributed by atoms with Crippen LogP contribution in [-0.2, 0) is 6.54 Å². The number of likely N-dealkylation sites (tertiary alicyclic amines) is 1. The third-order valence-electron chi connectivity index (χ3n) is 4.97. The molecule has 1 saturated heterocycles. The Balaban J connectivity index is 1.43. The number of carbonyl (C=O) groups excluding carboxylic acids is 1. The Labute approximate surface area is 146 Å². The number of nitrogens with one attached hydrogen (secondary N) is 1. The minimum Gasteiger partial charge on any atom is -0.335 e. The van der Waals surface area contributed by atoms with Crippen molar-refractivity contribution in [3.8, 4) is 0 Å². The largest absolute Gasteiger partial charge is 0.335 e. The zero-order chi connectivity index (χ0) is 16.9. The minimum absolute atomic E-state index is 0.160. The molecule has 1 aromatic carbocycles. The predicted molar refractivity (Wildman–Crippen MR) is 97.8 cm³/mol. The van der Waals surface area contributed by atoms with Crippen LogP contribution in [0, 0.1) is 5.92 Å². The highest BCUT2D eigenvalue weighted by Crippen LogP contribution is 2.28. The quantitative estimate of drug-likeness (QED) is 0.867. The van der Waals surface area contributed by atoms with Gasteiger partial charge in [0.05, 0.1) is 0 Å². The Hall–Kier alpha value is -1.55. The molecule has 4 heteroatoms. The van der Waals surface area contributed by atoms with Gasteiger partial charge >= 0.3 is 6.03 Å². The zero-order valence-electron chi connectivity index (χ0n) is 15.1. The van der Waals surface area contributed by atoms with Gasteiger partial charge in [-0.2, -0.15) is 0 Å². The van der Waals surface area contributed by atoms with Crippen LogP contribution in [0.3, 0.4) is 0 Å². The lowest BCUT2D eigenvalue weighted by Crippen LogP contribution is -2.50. The van der Waals surface area contributed by atoms with E-state index in [1.807, 2.05) is 0 Å². The minimum atomic E-state index is 0.160. The molecule has 0 atom stereocenters. The van der Waals surface area contributed by atoms with Gasteiger partial charge in [0.25, 0.3) is 0 Å². The van der Waals surface area contributed by atoms with Gasteiger partial charge in [0.15, 0.2) is 0 Å². The second kappa shape index (κ2) is 8.02. The van der Waals surface area contributed by atoms with Crippen molar-refractivity contribution in [2.75, 3.05) is 19.6 Å². The van der Waals surface area contributed by atoms with Gasteiger partial charge in [0.2, 0.25) is 0 Å². The number of hydrogen-bond donors (Lipinski definition) is 1. The fraction of sp³-hybridized carbons (Fsp3) is 0.650. The predicted octanol–water partition coefficient (Wildman–Crippen LogP) is 3.48. The molecule has 1 aliphatic heterocycles. The van der Waals surface area contributed by atoms with Crippen LogP contribution in [0.15, 0.2) is 30.3 Å². The van der Waals surface area contributed by atoms with E-state index in [4.69, 9.17) is 0 Å². The fourth-order valence-electron chi connectivity index (χ4n) is 3.51. The number of piperidine rings is 1. The Kier molecular flexibility index (Phi) is 5.77. The number of benzene rings is 1. The average Bonchev–Trinajstić information content (AvgIpc) is 3.40. The van der Waals surface area contributed by atoms with Gasteiger partial charge < -0.3 is 10.2 Å². The van der Waals surface area contributed by atoms with Crippen molar-refractivity contribution in [3.05, 3.63) is 35.9 Å². The summed E-state index contributed by atoms with van der Waals surface area (Å²) in [7, 11) is 0. The summed E-state index contributed by atoms with van der Waals surface area (Å²) < 4.78 is 0. The molecule has 1 heterocycles. The fourth-order valence-corrected chi connectivity index (χ4v) is 3.51. The number of amides is 2. The molecule has 132 valence electrons. The van der Waals surface area contributed by atoms with Crippen LogP contribution < -0.4 is 5.32 Å². The maximum Gasteiger partial charge on any atom is 0.317 e. The first-order valence-electron chi connectivity index (χ1n) is 9.45. The first kappa shape index (κ1) is 17.3. The summed E-state index contributed by atoms with van der Waals surface area (Å²) in [6.45, 7) is 8.39. The smallest absolute Gasteiger partial charge is 0.317 e. The zero-order valence-corrected chi connectivity index (χ0v) is 15.1. The van der Waals surface area contributed by atoms with Crippen LogP contribution in [0.2, 0.25) is 0 Å². The van der Waals surface area contributed by atoms with Crippen molar-refractivity contribution < 1.29 is 4.79 Å². The van der Waals surface area contributed by atoms with Crippen LogP contribution in [0.1, 0.15) is 45.1 Å². The van der Waals surface area contributed by atoms with E-state index in [2.05, 4.69) is 59.3 Å². The first-order valence-corrected chi connectivity index (χ1v) is 9.45. The molecule has 3 rings (SSSR count). The average molecular weight is 329 g/mol. The van der Waals surface area contributed by atoms with Crippen LogP contribution in [0.25, 0.3) is 0 Å². The van der Waals surface area contributed by atoms with Crippen molar-refractivity contribution in [3.63, 3.8) is 0 Å². The Morgan fingerprint density at radius 1 is 1.17 bits per heavy atom. The van der Waals surface area contributed by atoms with E-state index in [1.165, 1.54) is 18.4 Å². The summed E-state index contributed by atoms with van der Waals surface area (Å²) in [6.07, 6.45) is 4.46. The van der Waals surface area contributed by atoms with E-state index in [1.54, 1.807) is 0 Å². The molecular weight excluding hydrogens is 298 g/mol. The maximum absolute atomic E-state index is 12.6. The molecule has 2 aliphatic rings. The highest BCUT2D eigenvalue weighted by Gasteiger charge is 2.34. The van der Waals surface area contributed by atoms with Crippen LogP contribution in [0.5, 0.6) is 0 Å². The van der Waals surface area contributed by atoms with E-state index in [9.17, 15) is 4.79 Å². The normalized spacial score (nSPS) is 19.5. The van der Waals surface area contributed by atoms with Gasteiger partial charge in [-0.25, -0.2) is 4.79 Å². The van der Waals surface area contributed by atoms with E-state index in [0.717, 1.165) is 39.0 Å². The van der Waals surface area contributed by atoms with Crippen LogP contribution in [-0.4, -0.2) is 47.5 Å². The summed E-state index contributed by atoms with van der Waals surface area (Å²) in [5.74, 6) is 0.532. The molecule has 1 aromatic rings. The van der Waals surface area contributed by atoms with Gasteiger partial charge in [0, 0.05) is 38.3 Å². The third kappa shape index (κ3) is 4.97. The van der Waals surface area contributed by atoms with Gasteiger partial charge in [0.1, 0.15) is 0 Å². The molecular formula is C20H31N3O. The van der Waals surface area contributed by atoms with E-state index in [0.29, 0.717) is 18.0 Å². The number of hydrogen-bond acceptors (Lipinski definition) is 2. The summed E-state index contributed by atoms with van der Waals surface area (Å²) in [5, 5.41) is 3.29. The molecule has 0 bridgehead atoms. The SMILES string of the molecule is CC(C)CN(C(=O)NC1CCN(Cc2ccccc2)CC1)C1CC1. The Bertz CT molecular complexity index is 519. The molecule has 24 heavy (non-hydrogen) atoms. The Morgan fingerprint density at radius 3 is 2.42 bits per heavy atom. The highest BCUT2D eigenvalue weighted by atomic mass is 16.2. The van der Waals surface area contributed by atoms with E-state index < -0.39 is 0 Å². The number of rotatable bonds is 6. The lowest BCUT2D eigenvalue weighted by atomic mass is 10.0. The van der Waals surface area contributed by atoms with Crippen molar-refractivity contribution in [2.45, 2.75) is 58.2 Å². The molecule has 0 radical (unpaired) electrons.